The van der Waals surface area contributed by atoms with Crippen LogP contribution in [0, 0.1) is 0 Å². The van der Waals surface area contributed by atoms with Gasteiger partial charge in [-0.2, -0.15) is 0 Å². The second-order valence-electron chi connectivity index (χ2n) is 4.30. The Hall–Kier alpha value is -2.08. The van der Waals surface area contributed by atoms with Gasteiger partial charge in [-0.15, -0.1) is 11.6 Å². The molecule has 0 saturated heterocycles. The van der Waals surface area contributed by atoms with Gasteiger partial charge in [0.25, 0.3) is 5.91 Å². The molecule has 0 bridgehead atoms. The Bertz CT molecular complexity index is 624. The molecule has 0 radical (unpaired) electrons. The van der Waals surface area contributed by atoms with Gasteiger partial charge in [0.05, 0.1) is 17.4 Å². The van der Waals surface area contributed by atoms with E-state index in [0.29, 0.717) is 18.7 Å². The third-order valence-electron chi connectivity index (χ3n) is 2.75. The maximum absolute atomic E-state index is 11.9. The van der Waals surface area contributed by atoms with Gasteiger partial charge >= 0.3 is 0 Å². The first-order chi connectivity index (χ1) is 9.58. The van der Waals surface area contributed by atoms with Crippen LogP contribution in [0.4, 0.5) is 0 Å². The normalized spacial score (nSPS) is 12.1. The number of hydrogen-bond donors (Lipinski definition) is 3. The third kappa shape index (κ3) is 3.48. The summed E-state index contributed by atoms with van der Waals surface area (Å²) in [6.45, 7) is 2.28. The van der Waals surface area contributed by atoms with Crippen molar-refractivity contribution in [3.05, 3.63) is 30.1 Å². The van der Waals surface area contributed by atoms with Crippen molar-refractivity contribution in [3.8, 4) is 0 Å². The lowest BCUT2D eigenvalue weighted by atomic mass is 10.2. The van der Waals surface area contributed by atoms with Gasteiger partial charge in [-0.25, -0.2) is 4.98 Å². The second-order valence-corrected chi connectivity index (χ2v) is 4.95. The number of H-pyrrole nitrogens is 1. The molecule has 106 valence electrons. The molecule has 0 spiro atoms. The van der Waals surface area contributed by atoms with E-state index in [9.17, 15) is 9.59 Å². The Kier molecular flexibility index (Phi) is 4.57. The highest BCUT2D eigenvalue weighted by atomic mass is 35.5. The van der Waals surface area contributed by atoms with Crippen LogP contribution in [-0.4, -0.2) is 40.2 Å². The summed E-state index contributed by atoms with van der Waals surface area (Å²) in [7, 11) is 0. The number of aromatic amines is 1. The number of imidazole rings is 1. The molecule has 0 fully saturated rings. The smallest absolute Gasteiger partial charge is 0.251 e. The molecular formula is C13H15ClN4O2. The summed E-state index contributed by atoms with van der Waals surface area (Å²) in [6.07, 6.45) is 1.58. The zero-order valence-electron chi connectivity index (χ0n) is 10.9. The summed E-state index contributed by atoms with van der Waals surface area (Å²) in [6, 6.07) is 5.21. The van der Waals surface area contributed by atoms with E-state index in [1.165, 1.54) is 0 Å². The molecule has 2 rings (SSSR count). The number of hydrogen-bond acceptors (Lipinski definition) is 3. The number of alkyl halides is 1. The van der Waals surface area contributed by atoms with E-state index in [0.717, 1.165) is 11.0 Å². The van der Waals surface area contributed by atoms with Crippen LogP contribution in [0.5, 0.6) is 0 Å². The number of benzene rings is 1. The van der Waals surface area contributed by atoms with Crippen LogP contribution in [0.25, 0.3) is 11.0 Å². The molecule has 2 aromatic rings. The molecular weight excluding hydrogens is 280 g/mol. The number of halogens is 1. The highest BCUT2D eigenvalue weighted by Crippen LogP contribution is 2.11. The van der Waals surface area contributed by atoms with Gasteiger partial charge in [0.2, 0.25) is 5.91 Å². The zero-order valence-corrected chi connectivity index (χ0v) is 11.7. The van der Waals surface area contributed by atoms with Crippen molar-refractivity contribution in [2.75, 3.05) is 13.1 Å². The fraction of sp³-hybridized carbons (Fsp3) is 0.308. The summed E-state index contributed by atoms with van der Waals surface area (Å²) < 4.78 is 0. The van der Waals surface area contributed by atoms with E-state index in [-0.39, 0.29) is 11.8 Å². The SMILES string of the molecule is CC(Cl)C(=O)NCCNC(=O)c1ccc2nc[nH]c2c1. The highest BCUT2D eigenvalue weighted by Gasteiger charge is 2.09. The van der Waals surface area contributed by atoms with Crippen LogP contribution in [0.1, 0.15) is 17.3 Å². The molecule has 0 saturated carbocycles. The van der Waals surface area contributed by atoms with Gasteiger partial charge in [-0.3, -0.25) is 9.59 Å². The predicted molar refractivity (Wildman–Crippen MR) is 76.8 cm³/mol. The minimum absolute atomic E-state index is 0.199. The molecule has 20 heavy (non-hydrogen) atoms. The predicted octanol–water partition coefficient (Wildman–Crippen LogP) is 1.04. The Balaban J connectivity index is 1.84. The number of nitrogens with zero attached hydrogens (tertiary/aromatic N) is 1. The number of aromatic nitrogens is 2. The van der Waals surface area contributed by atoms with Gasteiger partial charge in [-0.05, 0) is 25.1 Å². The number of carbonyl (C=O) groups is 2. The lowest BCUT2D eigenvalue weighted by Crippen LogP contribution is -2.37. The molecule has 7 heteroatoms. The van der Waals surface area contributed by atoms with Crippen molar-refractivity contribution in [3.63, 3.8) is 0 Å². The first-order valence-corrected chi connectivity index (χ1v) is 6.64. The monoisotopic (exact) mass is 294 g/mol. The van der Waals surface area contributed by atoms with Crippen LogP contribution < -0.4 is 10.6 Å². The van der Waals surface area contributed by atoms with Crippen molar-refractivity contribution in [2.24, 2.45) is 0 Å². The number of nitrogens with one attached hydrogen (secondary N) is 3. The van der Waals surface area contributed by atoms with Crippen LogP contribution in [-0.2, 0) is 4.79 Å². The fourth-order valence-electron chi connectivity index (χ4n) is 1.68. The Morgan fingerprint density at radius 3 is 2.85 bits per heavy atom. The Morgan fingerprint density at radius 1 is 1.35 bits per heavy atom. The average molecular weight is 295 g/mol. The van der Waals surface area contributed by atoms with Crippen LogP contribution in [0.3, 0.4) is 0 Å². The van der Waals surface area contributed by atoms with Crippen molar-refractivity contribution in [1.29, 1.82) is 0 Å². The van der Waals surface area contributed by atoms with Crippen molar-refractivity contribution >= 4 is 34.4 Å². The minimum atomic E-state index is -0.575. The van der Waals surface area contributed by atoms with Crippen molar-refractivity contribution in [1.82, 2.24) is 20.6 Å². The van der Waals surface area contributed by atoms with Gasteiger partial charge < -0.3 is 15.6 Å². The zero-order chi connectivity index (χ0) is 14.5. The molecule has 0 aliphatic rings. The first-order valence-electron chi connectivity index (χ1n) is 6.21. The number of rotatable bonds is 5. The van der Waals surface area contributed by atoms with Crippen LogP contribution in [0.15, 0.2) is 24.5 Å². The summed E-state index contributed by atoms with van der Waals surface area (Å²) in [4.78, 5) is 30.1. The fourth-order valence-corrected chi connectivity index (χ4v) is 1.76. The molecule has 1 aromatic carbocycles. The Labute approximate surface area is 120 Å². The molecule has 0 aliphatic heterocycles. The quantitative estimate of drug-likeness (QED) is 0.569. The van der Waals surface area contributed by atoms with E-state index in [4.69, 9.17) is 11.6 Å². The second kappa shape index (κ2) is 6.38. The molecule has 3 N–H and O–H groups in total. The standard InChI is InChI=1S/C13H15ClN4O2/c1-8(14)12(19)15-4-5-16-13(20)9-2-3-10-11(6-9)18-7-17-10/h2-3,6-8H,4-5H2,1H3,(H,15,19)(H,16,20)(H,17,18). The van der Waals surface area contributed by atoms with Gasteiger partial charge in [-0.1, -0.05) is 0 Å². The molecule has 1 atom stereocenters. The van der Waals surface area contributed by atoms with E-state index in [1.807, 2.05) is 0 Å². The summed E-state index contributed by atoms with van der Waals surface area (Å²) in [5.74, 6) is -0.450. The highest BCUT2D eigenvalue weighted by molar-refractivity contribution is 6.30. The topological polar surface area (TPSA) is 86.9 Å². The van der Waals surface area contributed by atoms with E-state index >= 15 is 0 Å². The van der Waals surface area contributed by atoms with E-state index in [1.54, 1.807) is 31.5 Å². The number of carbonyl (C=O) groups excluding carboxylic acids is 2. The number of fused-ring (bicyclic) bond motifs is 1. The van der Waals surface area contributed by atoms with Crippen LogP contribution >= 0.6 is 11.6 Å². The van der Waals surface area contributed by atoms with Crippen molar-refractivity contribution < 1.29 is 9.59 Å². The van der Waals surface area contributed by atoms with Gasteiger partial charge in [0.15, 0.2) is 0 Å². The maximum atomic E-state index is 11.9. The number of amides is 2. The molecule has 2 amide bonds. The molecule has 6 nitrogen and oxygen atoms in total. The van der Waals surface area contributed by atoms with Gasteiger partial charge in [0, 0.05) is 18.7 Å². The third-order valence-corrected chi connectivity index (χ3v) is 2.95. The van der Waals surface area contributed by atoms with Crippen molar-refractivity contribution in [2.45, 2.75) is 12.3 Å². The van der Waals surface area contributed by atoms with Gasteiger partial charge in [0.1, 0.15) is 5.38 Å². The van der Waals surface area contributed by atoms with E-state index < -0.39 is 5.38 Å². The molecule has 1 aromatic heterocycles. The van der Waals surface area contributed by atoms with Crippen LogP contribution in [0.2, 0.25) is 0 Å². The molecule has 1 unspecified atom stereocenters. The first kappa shape index (κ1) is 14.3. The summed E-state index contributed by atoms with van der Waals surface area (Å²) >= 11 is 5.60. The summed E-state index contributed by atoms with van der Waals surface area (Å²) in [5.41, 5.74) is 2.16. The molecule has 0 aliphatic carbocycles. The Morgan fingerprint density at radius 2 is 2.10 bits per heavy atom. The minimum Gasteiger partial charge on any atom is -0.353 e. The van der Waals surface area contributed by atoms with E-state index in [2.05, 4.69) is 20.6 Å². The maximum Gasteiger partial charge on any atom is 0.251 e. The molecule has 1 heterocycles. The summed E-state index contributed by atoms with van der Waals surface area (Å²) in [5, 5.41) is 4.76. The lowest BCUT2D eigenvalue weighted by molar-refractivity contribution is -0.120. The average Bonchev–Trinajstić information content (AvgIpc) is 2.90. The lowest BCUT2D eigenvalue weighted by Gasteiger charge is -2.08. The largest absolute Gasteiger partial charge is 0.353 e.